The molecule has 1 amide bonds. The average Bonchev–Trinajstić information content (AvgIpc) is 2.79. The van der Waals surface area contributed by atoms with Gasteiger partial charge in [-0.05, 0) is 13.0 Å². The third-order valence-electron chi connectivity index (χ3n) is 3.55. The van der Waals surface area contributed by atoms with Gasteiger partial charge in [0.2, 0.25) is 5.91 Å². The van der Waals surface area contributed by atoms with Crippen molar-refractivity contribution in [2.45, 2.75) is 19.4 Å². The molecule has 98 valence electrons. The summed E-state index contributed by atoms with van der Waals surface area (Å²) in [6.45, 7) is 2.69. The van der Waals surface area contributed by atoms with Crippen LogP contribution in [0.2, 0.25) is 0 Å². The van der Waals surface area contributed by atoms with E-state index in [4.69, 9.17) is 9.84 Å². The Labute approximate surface area is 107 Å². The van der Waals surface area contributed by atoms with Crippen LogP contribution in [0.3, 0.4) is 0 Å². The molecule has 0 aromatic heterocycles. The summed E-state index contributed by atoms with van der Waals surface area (Å²) in [5.41, 5.74) is 1.01. The van der Waals surface area contributed by atoms with E-state index < -0.39 is 0 Å². The van der Waals surface area contributed by atoms with E-state index in [-0.39, 0.29) is 24.5 Å². The number of likely N-dealkylation sites (tertiary alicyclic amines) is 1. The van der Waals surface area contributed by atoms with Crippen molar-refractivity contribution in [2.75, 3.05) is 20.3 Å². The number of aliphatic hydroxyl groups is 1. The van der Waals surface area contributed by atoms with Gasteiger partial charge in [0.15, 0.2) is 0 Å². The van der Waals surface area contributed by atoms with Crippen molar-refractivity contribution in [3.05, 3.63) is 29.8 Å². The van der Waals surface area contributed by atoms with Crippen molar-refractivity contribution >= 4 is 5.91 Å². The molecule has 18 heavy (non-hydrogen) atoms. The van der Waals surface area contributed by atoms with Gasteiger partial charge >= 0.3 is 0 Å². The van der Waals surface area contributed by atoms with Crippen LogP contribution in [0.4, 0.5) is 0 Å². The Balaban J connectivity index is 2.21. The summed E-state index contributed by atoms with van der Waals surface area (Å²) in [5, 5.41) is 9.15. The molecule has 1 saturated heterocycles. The third kappa shape index (κ3) is 2.34. The molecule has 2 unspecified atom stereocenters. The lowest BCUT2D eigenvalue weighted by Crippen LogP contribution is -2.29. The molecule has 1 N–H and O–H groups in total. The molecule has 1 aliphatic heterocycles. The maximum atomic E-state index is 11.9. The van der Waals surface area contributed by atoms with Crippen molar-refractivity contribution in [3.8, 4) is 5.75 Å². The minimum atomic E-state index is -0.0230. The number of rotatable bonds is 4. The summed E-state index contributed by atoms with van der Waals surface area (Å²) in [6.07, 6.45) is 0.440. The Morgan fingerprint density at radius 3 is 2.83 bits per heavy atom. The van der Waals surface area contributed by atoms with Crippen molar-refractivity contribution < 1.29 is 14.6 Å². The molecule has 0 aliphatic carbocycles. The van der Waals surface area contributed by atoms with Gasteiger partial charge in [0, 0.05) is 31.1 Å². The van der Waals surface area contributed by atoms with Crippen LogP contribution in [-0.2, 0) is 4.79 Å². The number of carbonyl (C=O) groups excluding carboxylic acids is 1. The van der Waals surface area contributed by atoms with Crippen LogP contribution >= 0.6 is 0 Å². The maximum Gasteiger partial charge on any atom is 0.223 e. The van der Waals surface area contributed by atoms with E-state index in [9.17, 15) is 4.79 Å². The summed E-state index contributed by atoms with van der Waals surface area (Å²) < 4.78 is 5.33. The van der Waals surface area contributed by atoms with Crippen LogP contribution in [0.15, 0.2) is 24.3 Å². The minimum Gasteiger partial charge on any atom is -0.496 e. The van der Waals surface area contributed by atoms with Gasteiger partial charge in [0.1, 0.15) is 5.75 Å². The van der Waals surface area contributed by atoms with Gasteiger partial charge in [-0.25, -0.2) is 0 Å². The van der Waals surface area contributed by atoms with Crippen LogP contribution in [0.5, 0.6) is 5.75 Å². The van der Waals surface area contributed by atoms with E-state index in [1.807, 2.05) is 36.1 Å². The molecule has 2 atom stereocenters. The lowest BCUT2D eigenvalue weighted by Gasteiger charge is -2.26. The van der Waals surface area contributed by atoms with Crippen molar-refractivity contribution in [2.24, 2.45) is 5.92 Å². The molecule has 1 aliphatic rings. The molecule has 0 bridgehead atoms. The normalized spacial score (nSPS) is 21.2. The van der Waals surface area contributed by atoms with Crippen LogP contribution in [0.25, 0.3) is 0 Å². The fourth-order valence-electron chi connectivity index (χ4n) is 2.48. The number of aliphatic hydroxyl groups excluding tert-OH is 1. The molecular formula is C14H19NO3. The predicted octanol–water partition coefficient (Wildman–Crippen LogP) is 1.60. The second-order valence-corrected chi connectivity index (χ2v) is 4.72. The molecule has 0 saturated carbocycles. The van der Waals surface area contributed by atoms with Crippen molar-refractivity contribution in [1.82, 2.24) is 4.90 Å². The van der Waals surface area contributed by atoms with E-state index >= 15 is 0 Å². The Bertz CT molecular complexity index is 433. The number of methoxy groups -OCH3 is 1. The third-order valence-corrected chi connectivity index (χ3v) is 3.55. The summed E-state index contributed by atoms with van der Waals surface area (Å²) in [4.78, 5) is 13.8. The summed E-state index contributed by atoms with van der Waals surface area (Å²) in [6, 6.07) is 7.71. The maximum absolute atomic E-state index is 11.9. The van der Waals surface area contributed by atoms with E-state index in [1.165, 1.54) is 0 Å². The number of hydrogen-bond acceptors (Lipinski definition) is 3. The number of amides is 1. The fraction of sp³-hybridized carbons (Fsp3) is 0.500. The standard InChI is InChI=1S/C14H19NO3/c1-10(12-5-3-4-6-13(12)18-2)15-8-11(9-16)7-14(15)17/h3-6,10-11,16H,7-9H2,1-2H3. The Hall–Kier alpha value is -1.55. The van der Waals surface area contributed by atoms with E-state index in [1.54, 1.807) is 7.11 Å². The molecule has 4 nitrogen and oxygen atoms in total. The Kier molecular flexibility index (Phi) is 3.87. The zero-order valence-corrected chi connectivity index (χ0v) is 10.8. The van der Waals surface area contributed by atoms with Gasteiger partial charge in [0.05, 0.1) is 13.2 Å². The van der Waals surface area contributed by atoms with Gasteiger partial charge < -0.3 is 14.7 Å². The molecule has 0 spiro atoms. The quantitative estimate of drug-likeness (QED) is 0.881. The molecule has 4 heteroatoms. The second kappa shape index (κ2) is 5.40. The molecule has 1 aromatic carbocycles. The molecule has 0 radical (unpaired) electrons. The lowest BCUT2D eigenvalue weighted by atomic mass is 10.1. The Morgan fingerprint density at radius 1 is 1.50 bits per heavy atom. The molecule has 1 heterocycles. The first kappa shape index (κ1) is 12.9. The number of para-hydroxylation sites is 1. The number of nitrogens with zero attached hydrogens (tertiary/aromatic N) is 1. The van der Waals surface area contributed by atoms with Crippen LogP contribution in [0.1, 0.15) is 24.9 Å². The highest BCUT2D eigenvalue weighted by molar-refractivity contribution is 5.79. The first-order valence-corrected chi connectivity index (χ1v) is 6.20. The van der Waals surface area contributed by atoms with Gasteiger partial charge in [-0.15, -0.1) is 0 Å². The second-order valence-electron chi connectivity index (χ2n) is 4.72. The smallest absolute Gasteiger partial charge is 0.223 e. The van der Waals surface area contributed by atoms with Crippen LogP contribution in [0, 0.1) is 5.92 Å². The zero-order valence-electron chi connectivity index (χ0n) is 10.8. The summed E-state index contributed by atoms with van der Waals surface area (Å²) >= 11 is 0. The molecule has 2 rings (SSSR count). The zero-order chi connectivity index (χ0) is 13.1. The predicted molar refractivity (Wildman–Crippen MR) is 68.3 cm³/mol. The van der Waals surface area contributed by atoms with Crippen molar-refractivity contribution in [3.63, 3.8) is 0 Å². The topological polar surface area (TPSA) is 49.8 Å². The first-order valence-electron chi connectivity index (χ1n) is 6.20. The highest BCUT2D eigenvalue weighted by Gasteiger charge is 2.33. The van der Waals surface area contributed by atoms with E-state index in [0.29, 0.717) is 13.0 Å². The minimum absolute atomic E-state index is 0.0230. The highest BCUT2D eigenvalue weighted by Crippen LogP contribution is 2.32. The van der Waals surface area contributed by atoms with Gasteiger partial charge in [-0.3, -0.25) is 4.79 Å². The molecule has 1 aromatic rings. The summed E-state index contributed by atoms with van der Waals surface area (Å²) in [7, 11) is 1.63. The highest BCUT2D eigenvalue weighted by atomic mass is 16.5. The van der Waals surface area contributed by atoms with Crippen LogP contribution in [-0.4, -0.2) is 36.2 Å². The van der Waals surface area contributed by atoms with Gasteiger partial charge in [-0.1, -0.05) is 18.2 Å². The number of hydrogen-bond donors (Lipinski definition) is 1. The van der Waals surface area contributed by atoms with Crippen LogP contribution < -0.4 is 4.74 Å². The monoisotopic (exact) mass is 249 g/mol. The largest absolute Gasteiger partial charge is 0.496 e. The molecule has 1 fully saturated rings. The first-order chi connectivity index (χ1) is 8.67. The number of carbonyl (C=O) groups is 1. The number of benzene rings is 1. The molecular weight excluding hydrogens is 230 g/mol. The Morgan fingerprint density at radius 2 is 2.22 bits per heavy atom. The fourth-order valence-corrected chi connectivity index (χ4v) is 2.48. The lowest BCUT2D eigenvalue weighted by molar-refractivity contribution is -0.129. The van der Waals surface area contributed by atoms with Gasteiger partial charge in [0.25, 0.3) is 0 Å². The number of ether oxygens (including phenoxy) is 1. The van der Waals surface area contributed by atoms with E-state index in [0.717, 1.165) is 11.3 Å². The average molecular weight is 249 g/mol. The van der Waals surface area contributed by atoms with Crippen molar-refractivity contribution in [1.29, 1.82) is 0 Å². The van der Waals surface area contributed by atoms with E-state index in [2.05, 4.69) is 0 Å². The van der Waals surface area contributed by atoms with Gasteiger partial charge in [-0.2, -0.15) is 0 Å². The SMILES string of the molecule is COc1ccccc1C(C)N1CC(CO)CC1=O. The summed E-state index contributed by atoms with van der Waals surface area (Å²) in [5.74, 6) is 0.965.